The van der Waals surface area contributed by atoms with Gasteiger partial charge < -0.3 is 5.32 Å². The number of nitrogens with zero attached hydrogens (tertiary/aromatic N) is 3. The van der Waals surface area contributed by atoms with Crippen LogP contribution in [0.3, 0.4) is 0 Å². The van der Waals surface area contributed by atoms with Crippen molar-refractivity contribution >= 4 is 52.1 Å². The minimum Gasteiger partial charge on any atom is -0.334 e. The molecule has 0 saturated carbocycles. The number of carbonyl (C=O) groups excluding carboxylic acids is 1. The van der Waals surface area contributed by atoms with Gasteiger partial charge >= 0.3 is 5.69 Å². The molecular weight excluding hydrogens is 431 g/mol. The Kier molecular flexibility index (Phi) is 6.34. The number of nitro groups is 1. The van der Waals surface area contributed by atoms with E-state index in [4.69, 9.17) is 23.2 Å². The van der Waals surface area contributed by atoms with Crippen molar-refractivity contribution in [1.29, 1.82) is 0 Å². The molecule has 0 atom stereocenters. The lowest BCUT2D eigenvalue weighted by Crippen LogP contribution is -2.30. The van der Waals surface area contributed by atoms with Crippen LogP contribution in [0.4, 0.5) is 23.0 Å². The molecule has 3 aromatic rings. The fourth-order valence-corrected chi connectivity index (χ4v) is 3.04. The van der Waals surface area contributed by atoms with Crippen LogP contribution >= 0.6 is 23.2 Å². The molecule has 1 heterocycles. The summed E-state index contributed by atoms with van der Waals surface area (Å²) in [6.45, 7) is 3.89. The fraction of sp³-hybridized carbons (Fsp3) is 0.105. The zero-order valence-electron chi connectivity index (χ0n) is 15.9. The van der Waals surface area contributed by atoms with Crippen LogP contribution in [0.1, 0.15) is 21.5 Å². The average molecular weight is 447 g/mol. The molecule has 3 rings (SSSR count). The van der Waals surface area contributed by atoms with Crippen LogP contribution in [0.5, 0.6) is 0 Å². The molecule has 3 N–H and O–H groups in total. The van der Waals surface area contributed by atoms with Gasteiger partial charge in [0, 0.05) is 10.7 Å². The summed E-state index contributed by atoms with van der Waals surface area (Å²) in [5.41, 5.74) is 7.23. The van der Waals surface area contributed by atoms with Crippen LogP contribution in [-0.4, -0.2) is 20.8 Å². The first kappa shape index (κ1) is 21.3. The first-order valence-electron chi connectivity index (χ1n) is 8.61. The molecule has 0 aliphatic rings. The molecule has 0 fully saturated rings. The maximum atomic E-state index is 12.3. The van der Waals surface area contributed by atoms with Crippen molar-refractivity contribution in [3.8, 4) is 0 Å². The summed E-state index contributed by atoms with van der Waals surface area (Å²) >= 11 is 11.8. The van der Waals surface area contributed by atoms with Gasteiger partial charge in [-0.15, -0.1) is 0 Å². The highest BCUT2D eigenvalue weighted by atomic mass is 35.5. The van der Waals surface area contributed by atoms with Gasteiger partial charge in [0.1, 0.15) is 6.33 Å². The average Bonchev–Trinajstić information content (AvgIpc) is 2.68. The lowest BCUT2D eigenvalue weighted by molar-refractivity contribution is -0.383. The number of anilines is 3. The van der Waals surface area contributed by atoms with Crippen molar-refractivity contribution in [2.24, 2.45) is 0 Å². The molecule has 0 radical (unpaired) electrons. The van der Waals surface area contributed by atoms with Crippen LogP contribution in [0, 0.1) is 24.0 Å². The van der Waals surface area contributed by atoms with E-state index in [0.717, 1.165) is 17.5 Å². The van der Waals surface area contributed by atoms with Gasteiger partial charge in [-0.05, 0) is 55.3 Å². The molecule has 9 nitrogen and oxygen atoms in total. The molecule has 0 saturated heterocycles. The molecule has 0 aliphatic carbocycles. The van der Waals surface area contributed by atoms with E-state index in [1.54, 1.807) is 6.07 Å². The summed E-state index contributed by atoms with van der Waals surface area (Å²) in [7, 11) is 0. The van der Waals surface area contributed by atoms with Crippen molar-refractivity contribution in [1.82, 2.24) is 15.4 Å². The largest absolute Gasteiger partial charge is 0.355 e. The van der Waals surface area contributed by atoms with Crippen molar-refractivity contribution in [2.45, 2.75) is 13.8 Å². The fourth-order valence-electron chi connectivity index (χ4n) is 2.55. The third-order valence-corrected chi connectivity index (χ3v) is 4.79. The Morgan fingerprint density at radius 2 is 1.77 bits per heavy atom. The van der Waals surface area contributed by atoms with E-state index >= 15 is 0 Å². The summed E-state index contributed by atoms with van der Waals surface area (Å²) in [6, 6.07) is 9.87. The van der Waals surface area contributed by atoms with Gasteiger partial charge in [0.15, 0.2) is 0 Å². The highest BCUT2D eigenvalue weighted by molar-refractivity contribution is 6.36. The number of aromatic nitrogens is 2. The van der Waals surface area contributed by atoms with Crippen LogP contribution < -0.4 is 16.2 Å². The second kappa shape index (κ2) is 8.93. The number of aryl methyl sites for hydroxylation is 2. The maximum absolute atomic E-state index is 12.3. The van der Waals surface area contributed by atoms with Crippen molar-refractivity contribution in [3.63, 3.8) is 0 Å². The smallest absolute Gasteiger partial charge is 0.334 e. The minimum atomic E-state index is -0.646. The van der Waals surface area contributed by atoms with Gasteiger partial charge in [-0.1, -0.05) is 29.3 Å². The Bertz CT molecular complexity index is 1140. The normalized spacial score (nSPS) is 10.4. The number of benzene rings is 2. The molecule has 154 valence electrons. The lowest BCUT2D eigenvalue weighted by Gasteiger charge is -2.12. The summed E-state index contributed by atoms with van der Waals surface area (Å²) < 4.78 is 0. The molecule has 0 spiro atoms. The molecule has 0 unspecified atom stereocenters. The van der Waals surface area contributed by atoms with Crippen molar-refractivity contribution in [2.75, 3.05) is 10.7 Å². The Hall–Kier alpha value is -3.43. The predicted octanol–water partition coefficient (Wildman–Crippen LogP) is 4.81. The summed E-state index contributed by atoms with van der Waals surface area (Å²) in [6.07, 6.45) is 1.14. The summed E-state index contributed by atoms with van der Waals surface area (Å²) in [5.74, 6) is -0.840. The topological polar surface area (TPSA) is 122 Å². The first-order valence-corrected chi connectivity index (χ1v) is 9.37. The minimum absolute atomic E-state index is 0.0282. The lowest BCUT2D eigenvalue weighted by atomic mass is 10.1. The molecule has 30 heavy (non-hydrogen) atoms. The van der Waals surface area contributed by atoms with Gasteiger partial charge in [-0.25, -0.2) is 9.97 Å². The van der Waals surface area contributed by atoms with Gasteiger partial charge in [0.05, 0.1) is 15.5 Å². The number of hydrazine groups is 1. The van der Waals surface area contributed by atoms with E-state index in [9.17, 15) is 14.9 Å². The van der Waals surface area contributed by atoms with E-state index in [1.165, 1.54) is 18.2 Å². The number of hydrogen-bond donors (Lipinski definition) is 3. The number of nitrogens with one attached hydrogen (secondary N) is 3. The van der Waals surface area contributed by atoms with Crippen LogP contribution in [-0.2, 0) is 0 Å². The maximum Gasteiger partial charge on any atom is 0.355 e. The van der Waals surface area contributed by atoms with E-state index in [1.807, 2.05) is 26.0 Å². The third-order valence-electron chi connectivity index (χ3n) is 4.24. The summed E-state index contributed by atoms with van der Waals surface area (Å²) in [4.78, 5) is 31.2. The van der Waals surface area contributed by atoms with E-state index < -0.39 is 16.5 Å². The number of rotatable bonds is 6. The van der Waals surface area contributed by atoms with E-state index in [-0.39, 0.29) is 22.2 Å². The van der Waals surface area contributed by atoms with Crippen molar-refractivity contribution in [3.05, 3.63) is 79.6 Å². The number of hydrogen-bond acceptors (Lipinski definition) is 7. The second-order valence-electron chi connectivity index (χ2n) is 6.30. The molecule has 0 bridgehead atoms. The number of halogens is 2. The zero-order valence-corrected chi connectivity index (χ0v) is 17.4. The molecule has 1 amide bonds. The zero-order chi connectivity index (χ0) is 21.8. The third kappa shape index (κ3) is 4.76. The predicted molar refractivity (Wildman–Crippen MR) is 115 cm³/mol. The highest BCUT2D eigenvalue weighted by Gasteiger charge is 2.24. The quantitative estimate of drug-likeness (QED) is 0.366. The highest BCUT2D eigenvalue weighted by Crippen LogP contribution is 2.31. The monoisotopic (exact) mass is 446 g/mol. The SMILES string of the molecule is Cc1ccc(Nc2ncnc(NNC(=O)c3ccc(Cl)cc3Cl)c2[N+](=O)[O-])cc1C. The van der Waals surface area contributed by atoms with Crippen LogP contribution in [0.15, 0.2) is 42.7 Å². The summed E-state index contributed by atoms with van der Waals surface area (Å²) in [5, 5.41) is 15.1. The van der Waals surface area contributed by atoms with E-state index in [0.29, 0.717) is 10.7 Å². The van der Waals surface area contributed by atoms with Crippen molar-refractivity contribution < 1.29 is 9.72 Å². The van der Waals surface area contributed by atoms with Gasteiger partial charge in [0.2, 0.25) is 11.6 Å². The molecule has 2 aromatic carbocycles. The first-order chi connectivity index (χ1) is 14.3. The van der Waals surface area contributed by atoms with Crippen LogP contribution in [0.2, 0.25) is 10.0 Å². The van der Waals surface area contributed by atoms with E-state index in [2.05, 4.69) is 26.1 Å². The standard InChI is InChI=1S/C19H16Cl2N6O3/c1-10-3-5-13(7-11(10)2)24-17-16(27(29)30)18(23-9-22-17)25-26-19(28)14-6-4-12(20)8-15(14)21/h3-9H,1-2H3,(H,26,28)(H2,22,23,24,25). The molecule has 0 aliphatic heterocycles. The molecule has 1 aromatic heterocycles. The number of carbonyl (C=O) groups is 1. The Morgan fingerprint density at radius 3 is 2.43 bits per heavy atom. The van der Waals surface area contributed by atoms with Crippen LogP contribution in [0.25, 0.3) is 0 Å². The Labute approximate surface area is 181 Å². The Morgan fingerprint density at radius 1 is 1.03 bits per heavy atom. The Balaban J connectivity index is 1.84. The second-order valence-corrected chi connectivity index (χ2v) is 7.15. The molecule has 11 heteroatoms. The van der Waals surface area contributed by atoms with Gasteiger partial charge in [-0.2, -0.15) is 0 Å². The van der Waals surface area contributed by atoms with Gasteiger partial charge in [-0.3, -0.25) is 25.8 Å². The number of amides is 1. The van der Waals surface area contributed by atoms with Gasteiger partial charge in [0.25, 0.3) is 5.91 Å². The molecular formula is C19H16Cl2N6O3.